The van der Waals surface area contributed by atoms with Crippen LogP contribution >= 0.6 is 0 Å². The number of anilines is 1. The van der Waals surface area contributed by atoms with Gasteiger partial charge in [0.25, 0.3) is 0 Å². The Balaban J connectivity index is 1.87. The van der Waals surface area contributed by atoms with Crippen LogP contribution in [0.2, 0.25) is 0 Å². The van der Waals surface area contributed by atoms with Gasteiger partial charge in [-0.3, -0.25) is 0 Å². The van der Waals surface area contributed by atoms with Crippen LogP contribution in [0.1, 0.15) is 12.5 Å². The Bertz CT molecular complexity index is 695. The van der Waals surface area contributed by atoms with Crippen LogP contribution in [0.4, 0.5) is 5.95 Å². The van der Waals surface area contributed by atoms with Crippen molar-refractivity contribution >= 4 is 17.1 Å². The van der Waals surface area contributed by atoms with Gasteiger partial charge in [-0.15, -0.1) is 0 Å². The number of H-pyrrole nitrogens is 1. The lowest BCUT2D eigenvalue weighted by molar-refractivity contribution is 0.297. The standard InChI is InChI=1S/C14H15N5O/c1-2-15-14-18-12-11(16-9-17-12)13(19-14)20-8-10-6-4-3-5-7-10/h3-7,9H,2,8H2,1H3,(H2,15,16,17,18,19). The van der Waals surface area contributed by atoms with Crippen molar-refractivity contribution in [1.82, 2.24) is 19.9 Å². The molecule has 0 unspecified atom stereocenters. The van der Waals surface area contributed by atoms with Crippen molar-refractivity contribution in [2.45, 2.75) is 13.5 Å². The summed E-state index contributed by atoms with van der Waals surface area (Å²) in [6.45, 7) is 3.19. The molecule has 0 atom stereocenters. The maximum atomic E-state index is 5.79. The summed E-state index contributed by atoms with van der Waals surface area (Å²) in [7, 11) is 0. The number of aromatic nitrogens is 4. The van der Waals surface area contributed by atoms with Gasteiger partial charge in [0.15, 0.2) is 5.65 Å². The average Bonchev–Trinajstić information content (AvgIpc) is 2.95. The van der Waals surface area contributed by atoms with E-state index in [2.05, 4.69) is 25.3 Å². The SMILES string of the molecule is CCNc1nc(OCc2ccccc2)c2[nH]cnc2n1. The van der Waals surface area contributed by atoms with Crippen LogP contribution in [0.25, 0.3) is 11.2 Å². The summed E-state index contributed by atoms with van der Waals surface area (Å²) in [5.41, 5.74) is 2.39. The quantitative estimate of drug-likeness (QED) is 0.743. The minimum absolute atomic E-state index is 0.456. The Labute approximate surface area is 116 Å². The third kappa shape index (κ3) is 2.54. The van der Waals surface area contributed by atoms with Crippen molar-refractivity contribution in [2.24, 2.45) is 0 Å². The maximum absolute atomic E-state index is 5.79. The fourth-order valence-electron chi connectivity index (χ4n) is 1.87. The summed E-state index contributed by atoms with van der Waals surface area (Å²) in [6, 6.07) is 9.96. The fourth-order valence-corrected chi connectivity index (χ4v) is 1.87. The first-order valence-electron chi connectivity index (χ1n) is 6.48. The van der Waals surface area contributed by atoms with Crippen LogP contribution in [-0.2, 0) is 6.61 Å². The van der Waals surface area contributed by atoms with Gasteiger partial charge < -0.3 is 15.0 Å². The van der Waals surface area contributed by atoms with Gasteiger partial charge >= 0.3 is 0 Å². The van der Waals surface area contributed by atoms with Crippen molar-refractivity contribution < 1.29 is 4.74 Å². The van der Waals surface area contributed by atoms with Gasteiger partial charge in [-0.05, 0) is 12.5 Å². The molecule has 2 aromatic heterocycles. The summed E-state index contributed by atoms with van der Waals surface area (Å²) < 4.78 is 5.79. The Morgan fingerprint density at radius 2 is 2.05 bits per heavy atom. The van der Waals surface area contributed by atoms with E-state index in [9.17, 15) is 0 Å². The lowest BCUT2D eigenvalue weighted by Crippen LogP contribution is -2.05. The van der Waals surface area contributed by atoms with Crippen LogP contribution in [-0.4, -0.2) is 26.5 Å². The minimum atomic E-state index is 0.456. The van der Waals surface area contributed by atoms with E-state index in [0.717, 1.165) is 12.1 Å². The Morgan fingerprint density at radius 1 is 1.20 bits per heavy atom. The van der Waals surface area contributed by atoms with Crippen LogP contribution in [0, 0.1) is 0 Å². The van der Waals surface area contributed by atoms with E-state index in [1.54, 1.807) is 6.33 Å². The van der Waals surface area contributed by atoms with Crippen molar-refractivity contribution in [3.8, 4) is 5.88 Å². The molecule has 0 amide bonds. The van der Waals surface area contributed by atoms with E-state index in [1.165, 1.54) is 0 Å². The largest absolute Gasteiger partial charge is 0.471 e. The summed E-state index contributed by atoms with van der Waals surface area (Å²) in [5.74, 6) is 1.03. The summed E-state index contributed by atoms with van der Waals surface area (Å²) in [6.07, 6.45) is 1.59. The molecule has 1 aromatic carbocycles. The van der Waals surface area contributed by atoms with Gasteiger partial charge in [0.05, 0.1) is 6.33 Å². The lowest BCUT2D eigenvalue weighted by atomic mass is 10.2. The second-order valence-corrected chi connectivity index (χ2v) is 4.26. The molecule has 2 heterocycles. The summed E-state index contributed by atoms with van der Waals surface area (Å²) in [5, 5.41) is 3.07. The molecule has 0 fully saturated rings. The molecule has 3 rings (SSSR count). The average molecular weight is 269 g/mol. The van der Waals surface area contributed by atoms with Gasteiger partial charge in [0.2, 0.25) is 11.8 Å². The van der Waals surface area contributed by atoms with E-state index in [1.807, 2.05) is 37.3 Å². The van der Waals surface area contributed by atoms with Crippen LogP contribution < -0.4 is 10.1 Å². The molecule has 0 aliphatic rings. The summed E-state index contributed by atoms with van der Waals surface area (Å²) >= 11 is 0. The van der Waals surface area contributed by atoms with Gasteiger partial charge in [-0.25, -0.2) is 4.98 Å². The minimum Gasteiger partial charge on any atom is -0.471 e. The van der Waals surface area contributed by atoms with Crippen molar-refractivity contribution in [3.63, 3.8) is 0 Å². The molecule has 0 spiro atoms. The Morgan fingerprint density at radius 3 is 2.85 bits per heavy atom. The molecular formula is C14H15N5O. The number of ether oxygens (including phenoxy) is 1. The number of benzene rings is 1. The molecule has 6 nitrogen and oxygen atoms in total. The molecule has 0 saturated carbocycles. The fraction of sp³-hybridized carbons (Fsp3) is 0.214. The molecule has 0 radical (unpaired) electrons. The predicted octanol–water partition coefficient (Wildman–Crippen LogP) is 2.36. The number of nitrogens with zero attached hydrogens (tertiary/aromatic N) is 3. The molecule has 6 heteroatoms. The zero-order valence-corrected chi connectivity index (χ0v) is 11.1. The van der Waals surface area contributed by atoms with E-state index in [-0.39, 0.29) is 0 Å². The smallest absolute Gasteiger partial charge is 0.245 e. The number of nitrogens with one attached hydrogen (secondary N) is 2. The second kappa shape index (κ2) is 5.56. The molecule has 2 N–H and O–H groups in total. The zero-order chi connectivity index (χ0) is 13.8. The molecule has 102 valence electrons. The number of aromatic amines is 1. The zero-order valence-electron chi connectivity index (χ0n) is 11.1. The first-order valence-corrected chi connectivity index (χ1v) is 6.48. The van der Waals surface area contributed by atoms with E-state index < -0.39 is 0 Å². The highest BCUT2D eigenvalue weighted by atomic mass is 16.5. The lowest BCUT2D eigenvalue weighted by Gasteiger charge is -2.08. The Kier molecular flexibility index (Phi) is 3.45. The topological polar surface area (TPSA) is 75.7 Å². The highest BCUT2D eigenvalue weighted by Crippen LogP contribution is 2.21. The van der Waals surface area contributed by atoms with Crippen LogP contribution in [0.5, 0.6) is 5.88 Å². The Hall–Kier alpha value is -2.63. The molecule has 0 aliphatic carbocycles. The number of rotatable bonds is 5. The first-order chi connectivity index (χ1) is 9.86. The molecule has 0 bridgehead atoms. The van der Waals surface area contributed by atoms with E-state index in [4.69, 9.17) is 4.74 Å². The third-order valence-corrected chi connectivity index (χ3v) is 2.81. The molecule has 0 saturated heterocycles. The highest BCUT2D eigenvalue weighted by Gasteiger charge is 2.10. The van der Waals surface area contributed by atoms with Crippen LogP contribution in [0.15, 0.2) is 36.7 Å². The molecule has 20 heavy (non-hydrogen) atoms. The van der Waals surface area contributed by atoms with Gasteiger partial charge in [-0.2, -0.15) is 9.97 Å². The van der Waals surface area contributed by atoms with Gasteiger partial charge in [0.1, 0.15) is 12.1 Å². The highest BCUT2D eigenvalue weighted by molar-refractivity contribution is 5.76. The van der Waals surface area contributed by atoms with Crippen molar-refractivity contribution in [1.29, 1.82) is 0 Å². The normalized spacial score (nSPS) is 10.7. The van der Waals surface area contributed by atoms with E-state index in [0.29, 0.717) is 29.6 Å². The molecule has 0 aliphatic heterocycles. The summed E-state index contributed by atoms with van der Waals surface area (Å²) in [4.78, 5) is 15.8. The first kappa shape index (κ1) is 12.4. The number of imidazole rings is 1. The predicted molar refractivity (Wildman–Crippen MR) is 76.6 cm³/mol. The number of hydrogen-bond acceptors (Lipinski definition) is 5. The number of hydrogen-bond donors (Lipinski definition) is 2. The molecular weight excluding hydrogens is 254 g/mol. The molecule has 3 aromatic rings. The number of fused-ring (bicyclic) bond motifs is 1. The van der Waals surface area contributed by atoms with Crippen molar-refractivity contribution in [3.05, 3.63) is 42.2 Å². The van der Waals surface area contributed by atoms with Crippen molar-refractivity contribution in [2.75, 3.05) is 11.9 Å². The van der Waals surface area contributed by atoms with Gasteiger partial charge in [-0.1, -0.05) is 30.3 Å². The van der Waals surface area contributed by atoms with E-state index >= 15 is 0 Å². The van der Waals surface area contributed by atoms with Crippen LogP contribution in [0.3, 0.4) is 0 Å². The third-order valence-electron chi connectivity index (χ3n) is 2.81. The van der Waals surface area contributed by atoms with Gasteiger partial charge in [0, 0.05) is 6.54 Å². The second-order valence-electron chi connectivity index (χ2n) is 4.26. The monoisotopic (exact) mass is 269 g/mol. The maximum Gasteiger partial charge on any atom is 0.245 e.